The van der Waals surface area contributed by atoms with Crippen molar-refractivity contribution >= 4 is 5.78 Å². The maximum absolute atomic E-state index is 11.4. The number of rotatable bonds is 3. The quantitative estimate of drug-likeness (QED) is 0.651. The molecule has 0 unspecified atom stereocenters. The summed E-state index contributed by atoms with van der Waals surface area (Å²) in [6.07, 6.45) is 5.46. The molecule has 1 atom stereocenters. The van der Waals surface area contributed by atoms with Gasteiger partial charge in [0.2, 0.25) is 0 Å². The van der Waals surface area contributed by atoms with Gasteiger partial charge < -0.3 is 9.47 Å². The number of ether oxygens (including phenoxy) is 2. The van der Waals surface area contributed by atoms with Crippen molar-refractivity contribution in [2.75, 3.05) is 6.61 Å². The maximum Gasteiger partial charge on any atom is 0.191 e. The summed E-state index contributed by atoms with van der Waals surface area (Å²) < 4.78 is 10.7. The summed E-state index contributed by atoms with van der Waals surface area (Å²) in [7, 11) is 0. The predicted molar refractivity (Wildman–Crippen MR) is 54.0 cm³/mol. The van der Waals surface area contributed by atoms with Gasteiger partial charge in [-0.25, -0.2) is 0 Å². The number of hydrogen-bond acceptors (Lipinski definition) is 3. The summed E-state index contributed by atoms with van der Waals surface area (Å²) >= 11 is 0. The van der Waals surface area contributed by atoms with Gasteiger partial charge in [-0.3, -0.25) is 4.79 Å². The normalized spacial score (nSPS) is 27.1. The molecule has 0 bridgehead atoms. The standard InChI is InChI=1S/C11H18O3/c1-4-5-6-7-10-9(12)8-13-11(2,3)14-10/h6-7,10H,4-5,8H2,1-3H3/b7-6+/t10-/m0/s1. The summed E-state index contributed by atoms with van der Waals surface area (Å²) in [6, 6.07) is 0. The topological polar surface area (TPSA) is 35.5 Å². The SMILES string of the molecule is CCC/C=C/[C@@H]1OC(C)(C)OCC1=O. The molecule has 3 nitrogen and oxygen atoms in total. The van der Waals surface area contributed by atoms with E-state index in [-0.39, 0.29) is 12.4 Å². The maximum atomic E-state index is 11.4. The fraction of sp³-hybridized carbons (Fsp3) is 0.727. The van der Waals surface area contributed by atoms with Crippen LogP contribution in [0.25, 0.3) is 0 Å². The van der Waals surface area contributed by atoms with Crippen molar-refractivity contribution in [2.24, 2.45) is 0 Å². The highest BCUT2D eigenvalue weighted by molar-refractivity contribution is 5.86. The molecule has 0 aromatic carbocycles. The third-order valence-corrected chi connectivity index (χ3v) is 2.06. The Balaban J connectivity index is 2.53. The first-order chi connectivity index (χ1) is 6.55. The number of allylic oxidation sites excluding steroid dienone is 1. The Morgan fingerprint density at radius 1 is 1.57 bits per heavy atom. The van der Waals surface area contributed by atoms with Crippen molar-refractivity contribution < 1.29 is 14.3 Å². The van der Waals surface area contributed by atoms with Crippen molar-refractivity contribution in [1.29, 1.82) is 0 Å². The molecule has 3 heteroatoms. The van der Waals surface area contributed by atoms with E-state index in [1.54, 1.807) is 0 Å². The predicted octanol–water partition coefficient (Wildman–Crippen LogP) is 2.06. The van der Waals surface area contributed by atoms with E-state index in [2.05, 4.69) is 6.92 Å². The van der Waals surface area contributed by atoms with Gasteiger partial charge in [0.05, 0.1) is 0 Å². The largest absolute Gasteiger partial charge is 0.343 e. The summed E-state index contributed by atoms with van der Waals surface area (Å²) in [5, 5.41) is 0. The van der Waals surface area contributed by atoms with Crippen LogP contribution >= 0.6 is 0 Å². The van der Waals surface area contributed by atoms with Gasteiger partial charge >= 0.3 is 0 Å². The fourth-order valence-electron chi connectivity index (χ4n) is 1.27. The summed E-state index contributed by atoms with van der Waals surface area (Å²) in [4.78, 5) is 11.4. The number of carbonyl (C=O) groups is 1. The van der Waals surface area contributed by atoms with Gasteiger partial charge in [0.1, 0.15) is 12.7 Å². The molecule has 1 aliphatic rings. The van der Waals surface area contributed by atoms with E-state index >= 15 is 0 Å². The van der Waals surface area contributed by atoms with Crippen LogP contribution in [0.5, 0.6) is 0 Å². The van der Waals surface area contributed by atoms with Crippen LogP contribution in [0, 0.1) is 0 Å². The Hall–Kier alpha value is -0.670. The molecule has 0 aromatic rings. The fourth-order valence-corrected chi connectivity index (χ4v) is 1.27. The number of unbranched alkanes of at least 4 members (excludes halogenated alkanes) is 1. The van der Waals surface area contributed by atoms with Crippen LogP contribution in [0.1, 0.15) is 33.6 Å². The number of ketones is 1. The number of hydrogen-bond donors (Lipinski definition) is 0. The van der Waals surface area contributed by atoms with Crippen LogP contribution in [0.2, 0.25) is 0 Å². The minimum atomic E-state index is -0.644. The summed E-state index contributed by atoms with van der Waals surface area (Å²) in [5.41, 5.74) is 0. The van der Waals surface area contributed by atoms with E-state index in [1.165, 1.54) is 0 Å². The van der Waals surface area contributed by atoms with Crippen molar-refractivity contribution in [3.8, 4) is 0 Å². The van der Waals surface area contributed by atoms with Crippen LogP contribution in [0.4, 0.5) is 0 Å². The molecule has 0 saturated carbocycles. The van der Waals surface area contributed by atoms with Gasteiger partial charge in [0.25, 0.3) is 0 Å². The Labute approximate surface area is 85.1 Å². The van der Waals surface area contributed by atoms with E-state index in [0.29, 0.717) is 0 Å². The van der Waals surface area contributed by atoms with Crippen LogP contribution in [0.15, 0.2) is 12.2 Å². The number of carbonyl (C=O) groups excluding carboxylic acids is 1. The van der Waals surface area contributed by atoms with E-state index in [0.717, 1.165) is 12.8 Å². The molecule has 1 rings (SSSR count). The second-order valence-electron chi connectivity index (χ2n) is 3.91. The van der Waals surface area contributed by atoms with Crippen LogP contribution in [0.3, 0.4) is 0 Å². The van der Waals surface area contributed by atoms with E-state index < -0.39 is 11.9 Å². The second kappa shape index (κ2) is 4.71. The first-order valence-corrected chi connectivity index (χ1v) is 5.06. The van der Waals surface area contributed by atoms with Gasteiger partial charge in [-0.2, -0.15) is 0 Å². The van der Waals surface area contributed by atoms with Gasteiger partial charge in [-0.1, -0.05) is 25.5 Å². The van der Waals surface area contributed by atoms with Crippen LogP contribution in [-0.2, 0) is 14.3 Å². The second-order valence-corrected chi connectivity index (χ2v) is 3.91. The third kappa shape index (κ3) is 3.24. The van der Waals surface area contributed by atoms with Crippen LogP contribution in [-0.4, -0.2) is 24.3 Å². The zero-order chi connectivity index (χ0) is 10.6. The highest BCUT2D eigenvalue weighted by Gasteiger charge is 2.33. The first kappa shape index (κ1) is 11.4. The zero-order valence-corrected chi connectivity index (χ0v) is 9.08. The third-order valence-electron chi connectivity index (χ3n) is 2.06. The Bertz CT molecular complexity index is 231. The minimum Gasteiger partial charge on any atom is -0.343 e. The molecule has 1 saturated heterocycles. The summed E-state index contributed by atoms with van der Waals surface area (Å²) in [5.74, 6) is -0.647. The average Bonchev–Trinajstić information content (AvgIpc) is 2.11. The van der Waals surface area contributed by atoms with Crippen molar-refractivity contribution in [2.45, 2.75) is 45.5 Å². The molecule has 0 aliphatic carbocycles. The smallest absolute Gasteiger partial charge is 0.191 e. The highest BCUT2D eigenvalue weighted by Crippen LogP contribution is 2.20. The number of Topliss-reactive ketones (excluding diaryl/α,β-unsaturated/α-hetero) is 1. The molecule has 0 spiro atoms. The lowest BCUT2D eigenvalue weighted by atomic mass is 10.1. The lowest BCUT2D eigenvalue weighted by Gasteiger charge is -2.33. The molecule has 0 amide bonds. The molecule has 1 aliphatic heterocycles. The lowest BCUT2D eigenvalue weighted by Crippen LogP contribution is -2.45. The molecule has 14 heavy (non-hydrogen) atoms. The van der Waals surface area contributed by atoms with Crippen LogP contribution < -0.4 is 0 Å². The van der Waals surface area contributed by atoms with E-state index in [1.807, 2.05) is 26.0 Å². The Kier molecular flexibility index (Phi) is 3.84. The Morgan fingerprint density at radius 3 is 2.93 bits per heavy atom. The molecule has 80 valence electrons. The molecular weight excluding hydrogens is 180 g/mol. The average molecular weight is 198 g/mol. The highest BCUT2D eigenvalue weighted by atomic mass is 16.7. The summed E-state index contributed by atoms with van der Waals surface area (Å²) in [6.45, 7) is 5.88. The van der Waals surface area contributed by atoms with E-state index in [4.69, 9.17) is 9.47 Å². The van der Waals surface area contributed by atoms with Gasteiger partial charge in [0, 0.05) is 0 Å². The monoisotopic (exact) mass is 198 g/mol. The van der Waals surface area contributed by atoms with Gasteiger partial charge in [-0.05, 0) is 20.3 Å². The minimum absolute atomic E-state index is 0.00308. The zero-order valence-electron chi connectivity index (χ0n) is 9.08. The molecule has 0 N–H and O–H groups in total. The lowest BCUT2D eigenvalue weighted by molar-refractivity contribution is -0.249. The van der Waals surface area contributed by atoms with E-state index in [9.17, 15) is 4.79 Å². The van der Waals surface area contributed by atoms with Gasteiger partial charge in [0.15, 0.2) is 11.6 Å². The molecule has 1 heterocycles. The van der Waals surface area contributed by atoms with Gasteiger partial charge in [-0.15, -0.1) is 0 Å². The molecule has 0 aromatic heterocycles. The molecule has 0 radical (unpaired) electrons. The molecule has 1 fully saturated rings. The van der Waals surface area contributed by atoms with Crippen molar-refractivity contribution in [3.63, 3.8) is 0 Å². The van der Waals surface area contributed by atoms with Crippen molar-refractivity contribution in [1.82, 2.24) is 0 Å². The molecular formula is C11H18O3. The first-order valence-electron chi connectivity index (χ1n) is 5.06. The van der Waals surface area contributed by atoms with Crippen molar-refractivity contribution in [3.05, 3.63) is 12.2 Å². The Morgan fingerprint density at radius 2 is 2.29 bits per heavy atom.